The highest BCUT2D eigenvalue weighted by Crippen LogP contribution is 2.63. The molecule has 0 heterocycles. The summed E-state index contributed by atoms with van der Waals surface area (Å²) in [6.07, 6.45) is -6.16. The second kappa shape index (κ2) is 12.1. The Morgan fingerprint density at radius 2 is 1.08 bits per heavy atom. The van der Waals surface area contributed by atoms with Crippen LogP contribution in [0.5, 0.6) is 11.5 Å². The van der Waals surface area contributed by atoms with Crippen LogP contribution in [0.3, 0.4) is 0 Å². The third-order valence-electron chi connectivity index (χ3n) is 7.41. The molecule has 0 amide bonds. The fourth-order valence-electron chi connectivity index (χ4n) is 5.87. The second-order valence-corrected chi connectivity index (χ2v) is 9.95. The average Bonchev–Trinajstić information content (AvgIpc) is 3.58. The third kappa shape index (κ3) is 5.31. The van der Waals surface area contributed by atoms with Crippen molar-refractivity contribution in [3.8, 4) is 47.9 Å². The summed E-state index contributed by atoms with van der Waals surface area (Å²) >= 11 is 0. The van der Waals surface area contributed by atoms with Crippen LogP contribution in [0, 0.1) is 68.0 Å². The van der Waals surface area contributed by atoms with E-state index in [1.807, 2.05) is 0 Å². The van der Waals surface area contributed by atoms with Crippen molar-refractivity contribution in [3.05, 3.63) is 98.7 Å². The van der Waals surface area contributed by atoms with Gasteiger partial charge in [-0.3, -0.25) is 0 Å². The van der Waals surface area contributed by atoms with E-state index < -0.39 is 85.5 Å². The summed E-state index contributed by atoms with van der Waals surface area (Å²) in [5.74, 6) is -2.69. The minimum atomic E-state index is -5.60. The lowest BCUT2D eigenvalue weighted by Crippen LogP contribution is -2.22. The normalized spacial score (nSPS) is 14.8. The van der Waals surface area contributed by atoms with Crippen molar-refractivity contribution in [2.75, 3.05) is 0 Å². The van der Waals surface area contributed by atoms with Gasteiger partial charge in [-0.15, -0.1) is 26.3 Å². The number of halogens is 6. The highest BCUT2D eigenvalue weighted by molar-refractivity contribution is 6.29. The van der Waals surface area contributed by atoms with Crippen LogP contribution >= 0.6 is 0 Å². The highest BCUT2D eigenvalue weighted by Gasteiger charge is 2.49. The summed E-state index contributed by atoms with van der Waals surface area (Å²) in [6, 6.07) is 16.5. The van der Waals surface area contributed by atoms with Crippen LogP contribution in [-0.2, 0) is 0 Å². The van der Waals surface area contributed by atoms with Crippen molar-refractivity contribution < 1.29 is 35.8 Å². The number of hydrogen-bond donors (Lipinski definition) is 0. The lowest BCUT2D eigenvalue weighted by atomic mass is 9.87. The lowest BCUT2D eigenvalue weighted by Gasteiger charge is -2.23. The van der Waals surface area contributed by atoms with Gasteiger partial charge in [-0.05, 0) is 24.0 Å². The SMILES string of the molecule is N#CC(C#N)=C1C(C2=CC=CCC2)=C(C#N)c2c(OC(F)(F)F)c3c(c(OC(F)(F)F)c21)C(C#N)=C(c1ccccc1)C3=C(C#N)C#N. The van der Waals surface area contributed by atoms with Crippen molar-refractivity contribution in [1.29, 1.82) is 31.6 Å². The highest BCUT2D eigenvalue weighted by atomic mass is 19.4. The molecule has 0 N–H and O–H groups in total. The molecule has 8 nitrogen and oxygen atoms in total. The molecule has 0 spiro atoms. The van der Waals surface area contributed by atoms with Crippen LogP contribution in [0.15, 0.2) is 70.9 Å². The van der Waals surface area contributed by atoms with E-state index in [9.17, 15) is 57.9 Å². The molecule has 232 valence electrons. The van der Waals surface area contributed by atoms with Crippen LogP contribution in [0.4, 0.5) is 26.3 Å². The van der Waals surface area contributed by atoms with Crippen molar-refractivity contribution >= 4 is 27.9 Å². The van der Waals surface area contributed by atoms with E-state index in [0.29, 0.717) is 6.42 Å². The fraction of sp³-hybridized carbons (Fsp3) is 0.118. The van der Waals surface area contributed by atoms with Crippen molar-refractivity contribution in [2.45, 2.75) is 25.6 Å². The molecule has 3 aliphatic carbocycles. The van der Waals surface area contributed by atoms with Gasteiger partial charge in [0.05, 0.1) is 11.1 Å². The molecule has 0 radical (unpaired) electrons. The first kappa shape index (κ1) is 32.4. The Labute approximate surface area is 267 Å². The van der Waals surface area contributed by atoms with Gasteiger partial charge in [-0.2, -0.15) is 31.6 Å². The van der Waals surface area contributed by atoms with Crippen LogP contribution in [-0.4, -0.2) is 12.7 Å². The summed E-state index contributed by atoms with van der Waals surface area (Å²) in [5, 5.41) is 60.6. The van der Waals surface area contributed by atoms with Crippen LogP contribution in [0.25, 0.3) is 27.9 Å². The van der Waals surface area contributed by atoms with E-state index in [4.69, 9.17) is 0 Å². The zero-order valence-electron chi connectivity index (χ0n) is 23.8. The summed E-state index contributed by atoms with van der Waals surface area (Å²) in [6.45, 7) is 0. The summed E-state index contributed by atoms with van der Waals surface area (Å²) in [4.78, 5) is 0. The largest absolute Gasteiger partial charge is 0.573 e. The zero-order chi connectivity index (χ0) is 35.0. The summed E-state index contributed by atoms with van der Waals surface area (Å²) in [5.41, 5.74) is -8.92. The van der Waals surface area contributed by atoms with E-state index in [2.05, 4.69) is 9.47 Å². The van der Waals surface area contributed by atoms with E-state index >= 15 is 0 Å². The smallest absolute Gasteiger partial charge is 0.404 e. The van der Waals surface area contributed by atoms with E-state index in [1.165, 1.54) is 66.8 Å². The van der Waals surface area contributed by atoms with Gasteiger partial charge in [-0.1, -0.05) is 48.6 Å². The lowest BCUT2D eigenvalue weighted by molar-refractivity contribution is -0.277. The Kier molecular flexibility index (Phi) is 8.15. The van der Waals surface area contributed by atoms with E-state index in [0.717, 1.165) is 0 Å². The number of ether oxygens (including phenoxy) is 2. The van der Waals surface area contributed by atoms with Gasteiger partial charge >= 0.3 is 12.7 Å². The number of benzene rings is 2. The van der Waals surface area contributed by atoms with Crippen LogP contribution < -0.4 is 9.47 Å². The molecule has 2 aromatic rings. The Morgan fingerprint density at radius 3 is 1.48 bits per heavy atom. The van der Waals surface area contributed by atoms with Gasteiger partial charge in [0.2, 0.25) is 0 Å². The number of rotatable bonds is 4. The Morgan fingerprint density at radius 1 is 0.625 bits per heavy atom. The van der Waals surface area contributed by atoms with Gasteiger partial charge in [0.15, 0.2) is 0 Å². The molecule has 14 heteroatoms. The number of hydrogen-bond acceptors (Lipinski definition) is 8. The molecule has 3 aliphatic rings. The van der Waals surface area contributed by atoms with Gasteiger partial charge in [0, 0.05) is 44.5 Å². The molecular formula is C34H12F6N6O2. The number of nitriles is 6. The molecule has 48 heavy (non-hydrogen) atoms. The molecule has 0 atom stereocenters. The number of allylic oxidation sites excluding steroid dienone is 12. The van der Waals surface area contributed by atoms with Crippen molar-refractivity contribution in [1.82, 2.24) is 0 Å². The monoisotopic (exact) mass is 650 g/mol. The molecule has 0 fully saturated rings. The molecular weight excluding hydrogens is 638 g/mol. The maximum atomic E-state index is 14.3. The summed E-state index contributed by atoms with van der Waals surface area (Å²) < 4.78 is 94.8. The van der Waals surface area contributed by atoms with Gasteiger partial charge in [-0.25, -0.2) is 0 Å². The predicted molar refractivity (Wildman–Crippen MR) is 154 cm³/mol. The maximum Gasteiger partial charge on any atom is 0.573 e. The molecule has 0 unspecified atom stereocenters. The van der Waals surface area contributed by atoms with Crippen molar-refractivity contribution in [2.24, 2.45) is 0 Å². The third-order valence-corrected chi connectivity index (χ3v) is 7.41. The molecule has 0 saturated carbocycles. The number of fused-ring (bicyclic) bond motifs is 2. The van der Waals surface area contributed by atoms with Gasteiger partial charge < -0.3 is 9.47 Å². The summed E-state index contributed by atoms with van der Waals surface area (Å²) in [7, 11) is 0. The first-order valence-corrected chi connectivity index (χ1v) is 13.4. The van der Waals surface area contributed by atoms with Crippen molar-refractivity contribution in [3.63, 3.8) is 0 Å². The second-order valence-electron chi connectivity index (χ2n) is 9.95. The Bertz CT molecular complexity index is 2230. The van der Waals surface area contributed by atoms with Gasteiger partial charge in [0.1, 0.15) is 59.1 Å². The Balaban J connectivity index is 2.18. The average molecular weight is 650 g/mol. The Hall–Kier alpha value is -7.00. The number of nitrogens with zero attached hydrogens (tertiary/aromatic N) is 6. The molecule has 2 aromatic carbocycles. The molecule has 0 saturated heterocycles. The zero-order valence-corrected chi connectivity index (χ0v) is 23.8. The topological polar surface area (TPSA) is 161 Å². The first-order chi connectivity index (χ1) is 22.8. The van der Waals surface area contributed by atoms with E-state index in [-0.39, 0.29) is 23.1 Å². The molecule has 5 rings (SSSR count). The van der Waals surface area contributed by atoms with Gasteiger partial charge in [0.25, 0.3) is 0 Å². The molecule has 0 aromatic heterocycles. The van der Waals surface area contributed by atoms with Crippen LogP contribution in [0.1, 0.15) is 40.7 Å². The molecule has 0 bridgehead atoms. The minimum absolute atomic E-state index is 0.0146. The van der Waals surface area contributed by atoms with E-state index in [1.54, 1.807) is 18.2 Å². The maximum absolute atomic E-state index is 14.3. The predicted octanol–water partition coefficient (Wildman–Crippen LogP) is 8.10. The standard InChI is InChI=1S/C34H12F6N6O2/c35-33(36,37)47-31-27-21(15-45)23(17-7-3-1-4-8-17)25(19(11-41)12-42)29(27)32(48-34(38,39)40)28-22(16-46)24(18-9-5-2-6-10-18)26(30(28)31)20(13-43)14-44/h1-5,7-9H,6,10H2. The first-order valence-electron chi connectivity index (χ1n) is 13.4. The van der Waals surface area contributed by atoms with Crippen LogP contribution in [0.2, 0.25) is 0 Å². The number of alkyl halides is 6. The molecule has 0 aliphatic heterocycles. The quantitative estimate of drug-likeness (QED) is 0.237. The fourth-order valence-corrected chi connectivity index (χ4v) is 5.87. The minimum Gasteiger partial charge on any atom is -0.404 e.